The van der Waals surface area contributed by atoms with Crippen LogP contribution >= 0.6 is 50.7 Å². The summed E-state index contributed by atoms with van der Waals surface area (Å²) in [7, 11) is 0. The molecule has 0 aliphatic carbocycles. The molecular weight excluding hydrogens is 500 g/mol. The van der Waals surface area contributed by atoms with Crippen LogP contribution in [0.3, 0.4) is 0 Å². The Hall–Kier alpha value is -1.92. The van der Waals surface area contributed by atoms with E-state index in [1.54, 1.807) is 24.3 Å². The largest absolute Gasteiger partial charge is 0.488 e. The number of carbonyl (C=O) groups is 1. The average Bonchev–Trinajstić information content (AvgIpc) is 2.67. The van der Waals surface area contributed by atoms with Crippen LogP contribution in [0.2, 0.25) is 15.1 Å². The van der Waals surface area contributed by atoms with Crippen LogP contribution in [0.15, 0.2) is 59.1 Å². The SMILES string of the molecule is O=C(O)c1cc(NCc2cc(Br)ccc2OCc2ccc(Cl)cc2Cl)ccc1Cl. The molecule has 150 valence electrons. The van der Waals surface area contributed by atoms with E-state index in [0.717, 1.165) is 15.6 Å². The van der Waals surface area contributed by atoms with Crippen molar-refractivity contribution in [2.24, 2.45) is 0 Å². The van der Waals surface area contributed by atoms with Crippen molar-refractivity contribution in [3.05, 3.63) is 90.8 Å². The van der Waals surface area contributed by atoms with Crippen molar-refractivity contribution in [3.63, 3.8) is 0 Å². The number of nitrogens with one attached hydrogen (secondary N) is 1. The fourth-order valence-corrected chi connectivity index (χ4v) is 3.69. The average molecular weight is 516 g/mol. The zero-order chi connectivity index (χ0) is 21.0. The van der Waals surface area contributed by atoms with E-state index in [-0.39, 0.29) is 17.2 Å². The maximum atomic E-state index is 11.3. The molecule has 0 saturated carbocycles. The highest BCUT2D eigenvalue weighted by Gasteiger charge is 2.11. The smallest absolute Gasteiger partial charge is 0.337 e. The summed E-state index contributed by atoms with van der Waals surface area (Å²) in [5.41, 5.74) is 2.39. The molecule has 2 N–H and O–H groups in total. The Labute approximate surface area is 191 Å². The summed E-state index contributed by atoms with van der Waals surface area (Å²) in [5.74, 6) is -0.399. The standard InChI is InChI=1S/C21H15BrCl3NO3/c22-14-2-6-20(29-11-12-1-3-15(23)8-19(12)25)13(7-14)10-26-16-4-5-18(24)17(9-16)21(27)28/h1-9,26H,10-11H2,(H,27,28). The third-order valence-electron chi connectivity index (χ3n) is 4.10. The summed E-state index contributed by atoms with van der Waals surface area (Å²) in [6, 6.07) is 15.7. The van der Waals surface area contributed by atoms with Gasteiger partial charge in [-0.2, -0.15) is 0 Å². The van der Waals surface area contributed by atoms with Gasteiger partial charge in [0.15, 0.2) is 0 Å². The van der Waals surface area contributed by atoms with E-state index in [9.17, 15) is 9.90 Å². The minimum Gasteiger partial charge on any atom is -0.488 e. The second-order valence-corrected chi connectivity index (χ2v) is 8.30. The highest BCUT2D eigenvalue weighted by atomic mass is 79.9. The van der Waals surface area contributed by atoms with Gasteiger partial charge in [-0.25, -0.2) is 4.79 Å². The van der Waals surface area contributed by atoms with Gasteiger partial charge in [-0.1, -0.05) is 56.8 Å². The molecule has 0 amide bonds. The van der Waals surface area contributed by atoms with Gasteiger partial charge in [0.2, 0.25) is 0 Å². The molecule has 3 rings (SSSR count). The van der Waals surface area contributed by atoms with E-state index in [1.807, 2.05) is 24.3 Å². The molecule has 0 aliphatic heterocycles. The maximum Gasteiger partial charge on any atom is 0.337 e. The summed E-state index contributed by atoms with van der Waals surface area (Å²) >= 11 is 21.5. The molecule has 0 saturated heterocycles. The fraction of sp³-hybridized carbons (Fsp3) is 0.0952. The highest BCUT2D eigenvalue weighted by molar-refractivity contribution is 9.10. The molecule has 8 heteroatoms. The number of carboxylic acids is 1. The molecule has 4 nitrogen and oxygen atoms in total. The molecule has 0 heterocycles. The fourth-order valence-electron chi connectivity index (χ4n) is 2.62. The molecule has 0 unspecified atom stereocenters. The third kappa shape index (κ3) is 5.80. The van der Waals surface area contributed by atoms with Crippen LogP contribution in [0.25, 0.3) is 0 Å². The van der Waals surface area contributed by atoms with Gasteiger partial charge in [0.25, 0.3) is 0 Å². The first-order chi connectivity index (χ1) is 13.8. The number of ether oxygens (including phenoxy) is 1. The second kappa shape index (κ2) is 9.72. The zero-order valence-electron chi connectivity index (χ0n) is 14.9. The lowest BCUT2D eigenvalue weighted by molar-refractivity contribution is 0.0697. The lowest BCUT2D eigenvalue weighted by Crippen LogP contribution is -2.05. The minimum atomic E-state index is -1.08. The van der Waals surface area contributed by atoms with Crippen molar-refractivity contribution < 1.29 is 14.6 Å². The number of anilines is 1. The predicted octanol–water partition coefficient (Wildman–Crippen LogP) is 7.30. The minimum absolute atomic E-state index is 0.0414. The third-order valence-corrected chi connectivity index (χ3v) is 5.51. The van der Waals surface area contributed by atoms with Gasteiger partial charge >= 0.3 is 5.97 Å². The molecule has 0 aliphatic rings. The number of hydrogen-bond acceptors (Lipinski definition) is 3. The summed E-state index contributed by atoms with van der Waals surface area (Å²) in [4.78, 5) is 11.3. The Kier molecular flexibility index (Phi) is 7.30. The van der Waals surface area contributed by atoms with E-state index >= 15 is 0 Å². The predicted molar refractivity (Wildman–Crippen MR) is 121 cm³/mol. The van der Waals surface area contributed by atoms with Gasteiger partial charge in [0.1, 0.15) is 12.4 Å². The molecule has 0 aromatic heterocycles. The van der Waals surface area contributed by atoms with Crippen molar-refractivity contribution in [1.29, 1.82) is 0 Å². The second-order valence-electron chi connectivity index (χ2n) is 6.13. The van der Waals surface area contributed by atoms with E-state index in [4.69, 9.17) is 39.5 Å². The van der Waals surface area contributed by atoms with E-state index in [1.165, 1.54) is 6.07 Å². The van der Waals surface area contributed by atoms with E-state index < -0.39 is 5.97 Å². The molecule has 3 aromatic carbocycles. The number of rotatable bonds is 7. The summed E-state index contributed by atoms with van der Waals surface area (Å²) in [6.45, 7) is 0.707. The van der Waals surface area contributed by atoms with Crippen molar-refractivity contribution >= 4 is 62.4 Å². The quantitative estimate of drug-likeness (QED) is 0.347. The Morgan fingerprint density at radius 3 is 2.48 bits per heavy atom. The lowest BCUT2D eigenvalue weighted by atomic mass is 10.1. The molecule has 29 heavy (non-hydrogen) atoms. The van der Waals surface area contributed by atoms with Crippen LogP contribution in [0.5, 0.6) is 5.75 Å². The van der Waals surface area contributed by atoms with Crippen LogP contribution in [-0.2, 0) is 13.2 Å². The molecule has 0 fully saturated rings. The van der Waals surface area contributed by atoms with Gasteiger partial charge in [0, 0.05) is 37.9 Å². The van der Waals surface area contributed by atoms with Gasteiger partial charge < -0.3 is 15.2 Å². The molecular formula is C21H15BrCl3NO3. The first kappa shape index (κ1) is 21.8. The van der Waals surface area contributed by atoms with Gasteiger partial charge in [-0.15, -0.1) is 0 Å². The van der Waals surface area contributed by atoms with Crippen molar-refractivity contribution in [2.45, 2.75) is 13.2 Å². The van der Waals surface area contributed by atoms with Crippen LogP contribution in [0, 0.1) is 0 Å². The van der Waals surface area contributed by atoms with Gasteiger partial charge in [-0.05, 0) is 48.5 Å². The first-order valence-corrected chi connectivity index (χ1v) is 10.4. The maximum absolute atomic E-state index is 11.3. The first-order valence-electron chi connectivity index (χ1n) is 8.45. The summed E-state index contributed by atoms with van der Waals surface area (Å²) in [6.07, 6.45) is 0. The number of benzene rings is 3. The monoisotopic (exact) mass is 513 g/mol. The molecule has 0 spiro atoms. The van der Waals surface area contributed by atoms with E-state index in [2.05, 4.69) is 21.2 Å². The number of aromatic carboxylic acids is 1. The van der Waals surface area contributed by atoms with Crippen LogP contribution in [0.1, 0.15) is 21.5 Å². The number of hydrogen-bond donors (Lipinski definition) is 2. The highest BCUT2D eigenvalue weighted by Crippen LogP contribution is 2.28. The Bertz CT molecular complexity index is 1060. The van der Waals surface area contributed by atoms with Crippen molar-refractivity contribution in [3.8, 4) is 5.75 Å². The normalized spacial score (nSPS) is 10.6. The topological polar surface area (TPSA) is 58.6 Å². The van der Waals surface area contributed by atoms with Crippen LogP contribution in [0.4, 0.5) is 5.69 Å². The van der Waals surface area contributed by atoms with E-state index in [0.29, 0.717) is 28.0 Å². The molecule has 0 atom stereocenters. The Morgan fingerprint density at radius 2 is 1.76 bits per heavy atom. The van der Waals surface area contributed by atoms with Gasteiger partial charge in [-0.3, -0.25) is 0 Å². The van der Waals surface area contributed by atoms with Crippen molar-refractivity contribution in [1.82, 2.24) is 0 Å². The molecule has 0 radical (unpaired) electrons. The Balaban J connectivity index is 1.75. The van der Waals surface area contributed by atoms with Crippen LogP contribution < -0.4 is 10.1 Å². The molecule has 0 bridgehead atoms. The lowest BCUT2D eigenvalue weighted by Gasteiger charge is -2.15. The Morgan fingerprint density at radius 1 is 0.966 bits per heavy atom. The summed E-state index contributed by atoms with van der Waals surface area (Å²) in [5, 5.41) is 13.7. The van der Waals surface area contributed by atoms with Gasteiger partial charge in [0.05, 0.1) is 10.6 Å². The zero-order valence-corrected chi connectivity index (χ0v) is 18.7. The summed E-state index contributed by atoms with van der Waals surface area (Å²) < 4.78 is 6.86. The number of carboxylic acid groups (broad SMARTS) is 1. The van der Waals surface area contributed by atoms with Crippen LogP contribution in [-0.4, -0.2) is 11.1 Å². The van der Waals surface area contributed by atoms with Crippen molar-refractivity contribution in [2.75, 3.05) is 5.32 Å². The number of halogens is 4. The molecule has 3 aromatic rings.